The van der Waals surface area contributed by atoms with Crippen LogP contribution in [0.5, 0.6) is 0 Å². The Morgan fingerprint density at radius 1 is 1.37 bits per heavy atom. The highest BCUT2D eigenvalue weighted by Gasteiger charge is 2.12. The third-order valence-electron chi connectivity index (χ3n) is 2.73. The molecule has 1 aromatic heterocycles. The van der Waals surface area contributed by atoms with Gasteiger partial charge in [0.25, 0.3) is 5.91 Å². The molecule has 0 bridgehead atoms. The average molecular weight is 356 g/mol. The topological polar surface area (TPSA) is 20.3 Å². The Labute approximate surface area is 130 Å². The van der Waals surface area contributed by atoms with Crippen molar-refractivity contribution in [3.05, 3.63) is 50.6 Å². The van der Waals surface area contributed by atoms with Gasteiger partial charge in [-0.1, -0.05) is 0 Å². The standard InChI is InChI=1S/C14H14BrNOS2/c1-16(8-10-7-13(15)19-9-10)14(17)11-3-5-12(18-2)6-4-11/h3-7,9H,8H2,1-2H3. The van der Waals surface area contributed by atoms with Crippen LogP contribution in [-0.4, -0.2) is 24.1 Å². The molecule has 0 fully saturated rings. The molecule has 0 saturated carbocycles. The van der Waals surface area contributed by atoms with Crippen molar-refractivity contribution in [2.45, 2.75) is 11.4 Å². The number of nitrogens with zero attached hydrogens (tertiary/aromatic N) is 1. The number of hydrogen-bond donors (Lipinski definition) is 0. The van der Waals surface area contributed by atoms with E-state index in [0.29, 0.717) is 6.54 Å². The first-order chi connectivity index (χ1) is 9.10. The fraction of sp³-hybridized carbons (Fsp3) is 0.214. The highest BCUT2D eigenvalue weighted by atomic mass is 79.9. The Balaban J connectivity index is 2.05. The minimum absolute atomic E-state index is 0.0509. The molecule has 5 heteroatoms. The second-order valence-electron chi connectivity index (χ2n) is 4.15. The summed E-state index contributed by atoms with van der Waals surface area (Å²) in [5, 5.41) is 2.06. The molecule has 1 heterocycles. The van der Waals surface area contributed by atoms with Crippen molar-refractivity contribution in [3.8, 4) is 0 Å². The van der Waals surface area contributed by atoms with Crippen molar-refractivity contribution in [1.82, 2.24) is 4.90 Å². The number of amides is 1. The monoisotopic (exact) mass is 355 g/mol. The number of carbonyl (C=O) groups excluding carboxylic acids is 1. The predicted octanol–water partition coefficient (Wildman–Crippen LogP) is 4.50. The molecule has 0 atom stereocenters. The maximum atomic E-state index is 12.3. The molecular formula is C14H14BrNOS2. The maximum absolute atomic E-state index is 12.3. The van der Waals surface area contributed by atoms with E-state index in [1.807, 2.05) is 43.6 Å². The van der Waals surface area contributed by atoms with E-state index in [1.54, 1.807) is 28.0 Å². The number of carbonyl (C=O) groups is 1. The van der Waals surface area contributed by atoms with Crippen molar-refractivity contribution < 1.29 is 4.79 Å². The summed E-state index contributed by atoms with van der Waals surface area (Å²) in [6, 6.07) is 9.77. The molecule has 0 aliphatic carbocycles. The third-order valence-corrected chi connectivity index (χ3v) is 5.02. The van der Waals surface area contributed by atoms with Gasteiger partial charge in [0.1, 0.15) is 0 Å². The van der Waals surface area contributed by atoms with Gasteiger partial charge in [0, 0.05) is 24.1 Å². The van der Waals surface area contributed by atoms with Gasteiger partial charge in [0.05, 0.1) is 3.79 Å². The van der Waals surface area contributed by atoms with Gasteiger partial charge in [0.15, 0.2) is 0 Å². The SMILES string of the molecule is CSc1ccc(C(=O)N(C)Cc2csc(Br)c2)cc1. The predicted molar refractivity (Wildman–Crippen MR) is 86.0 cm³/mol. The van der Waals surface area contributed by atoms with E-state index in [-0.39, 0.29) is 5.91 Å². The molecule has 2 aromatic rings. The number of thiophene rings is 1. The molecule has 100 valence electrons. The van der Waals surface area contributed by atoms with Crippen molar-refractivity contribution in [3.63, 3.8) is 0 Å². The molecule has 0 saturated heterocycles. The van der Waals surface area contributed by atoms with Crippen LogP contribution >= 0.6 is 39.0 Å². The summed E-state index contributed by atoms with van der Waals surface area (Å²) >= 11 is 6.74. The van der Waals surface area contributed by atoms with Crippen molar-refractivity contribution in [2.75, 3.05) is 13.3 Å². The van der Waals surface area contributed by atoms with Gasteiger partial charge in [0.2, 0.25) is 0 Å². The quantitative estimate of drug-likeness (QED) is 0.752. The number of rotatable bonds is 4. The molecule has 2 rings (SSSR count). The van der Waals surface area contributed by atoms with Crippen LogP contribution in [0.25, 0.3) is 0 Å². The average Bonchev–Trinajstić information content (AvgIpc) is 2.83. The molecule has 0 aliphatic rings. The fourth-order valence-corrected chi connectivity index (χ4v) is 3.34. The van der Waals surface area contributed by atoms with Gasteiger partial charge >= 0.3 is 0 Å². The minimum atomic E-state index is 0.0509. The number of halogens is 1. The lowest BCUT2D eigenvalue weighted by molar-refractivity contribution is 0.0785. The van der Waals surface area contributed by atoms with Gasteiger partial charge in [-0.15, -0.1) is 23.1 Å². The first-order valence-electron chi connectivity index (χ1n) is 5.72. The molecular weight excluding hydrogens is 342 g/mol. The molecule has 0 unspecified atom stereocenters. The van der Waals surface area contributed by atoms with Crippen LogP contribution in [-0.2, 0) is 6.54 Å². The molecule has 0 radical (unpaired) electrons. The van der Waals surface area contributed by atoms with Crippen molar-refractivity contribution in [2.24, 2.45) is 0 Å². The number of hydrogen-bond acceptors (Lipinski definition) is 3. The van der Waals surface area contributed by atoms with E-state index in [0.717, 1.165) is 14.9 Å². The van der Waals surface area contributed by atoms with Gasteiger partial charge in [-0.3, -0.25) is 4.79 Å². The molecule has 19 heavy (non-hydrogen) atoms. The summed E-state index contributed by atoms with van der Waals surface area (Å²) in [4.78, 5) is 15.2. The highest BCUT2D eigenvalue weighted by Crippen LogP contribution is 2.22. The minimum Gasteiger partial charge on any atom is -0.337 e. The zero-order valence-electron chi connectivity index (χ0n) is 10.7. The number of benzene rings is 1. The molecule has 1 amide bonds. The second-order valence-corrected chi connectivity index (χ2v) is 7.32. The van der Waals surface area contributed by atoms with Crippen LogP contribution in [0.15, 0.2) is 44.4 Å². The first-order valence-corrected chi connectivity index (χ1v) is 8.62. The van der Waals surface area contributed by atoms with Gasteiger partial charge in [-0.05, 0) is 63.5 Å². The van der Waals surface area contributed by atoms with Crippen LogP contribution in [0.1, 0.15) is 15.9 Å². The van der Waals surface area contributed by atoms with Crippen LogP contribution in [0.2, 0.25) is 0 Å². The van der Waals surface area contributed by atoms with E-state index in [4.69, 9.17) is 0 Å². The van der Waals surface area contributed by atoms with E-state index in [9.17, 15) is 4.79 Å². The largest absolute Gasteiger partial charge is 0.337 e. The molecule has 1 aromatic carbocycles. The fourth-order valence-electron chi connectivity index (χ4n) is 1.73. The summed E-state index contributed by atoms with van der Waals surface area (Å²) in [5.74, 6) is 0.0509. The Hall–Kier alpha value is -0.780. The Morgan fingerprint density at radius 3 is 2.58 bits per heavy atom. The summed E-state index contributed by atoms with van der Waals surface area (Å²) in [5.41, 5.74) is 1.88. The van der Waals surface area contributed by atoms with Gasteiger partial charge in [-0.2, -0.15) is 0 Å². The second kappa shape index (κ2) is 6.59. The third kappa shape index (κ3) is 3.84. The first kappa shape index (κ1) is 14.6. The highest BCUT2D eigenvalue weighted by molar-refractivity contribution is 9.11. The van der Waals surface area contributed by atoms with Crippen LogP contribution in [0, 0.1) is 0 Å². The van der Waals surface area contributed by atoms with Crippen molar-refractivity contribution >= 4 is 44.9 Å². The summed E-state index contributed by atoms with van der Waals surface area (Å²) < 4.78 is 1.09. The summed E-state index contributed by atoms with van der Waals surface area (Å²) in [6.07, 6.45) is 2.03. The van der Waals surface area contributed by atoms with Crippen molar-refractivity contribution in [1.29, 1.82) is 0 Å². The zero-order valence-corrected chi connectivity index (χ0v) is 13.9. The Morgan fingerprint density at radius 2 is 2.05 bits per heavy atom. The Bertz CT molecular complexity index is 565. The van der Waals surface area contributed by atoms with Gasteiger partial charge in [-0.25, -0.2) is 0 Å². The zero-order chi connectivity index (χ0) is 13.8. The maximum Gasteiger partial charge on any atom is 0.253 e. The molecule has 0 spiro atoms. The lowest BCUT2D eigenvalue weighted by atomic mass is 10.2. The lowest BCUT2D eigenvalue weighted by Crippen LogP contribution is -2.25. The number of thioether (sulfide) groups is 1. The smallest absolute Gasteiger partial charge is 0.253 e. The normalized spacial score (nSPS) is 10.5. The van der Waals surface area contributed by atoms with Crippen LogP contribution in [0.3, 0.4) is 0 Å². The summed E-state index contributed by atoms with van der Waals surface area (Å²) in [6.45, 7) is 0.630. The van der Waals surface area contributed by atoms with E-state index < -0.39 is 0 Å². The van der Waals surface area contributed by atoms with Crippen LogP contribution in [0.4, 0.5) is 0 Å². The Kier molecular flexibility index (Phi) is 5.07. The van der Waals surface area contributed by atoms with E-state index in [1.165, 1.54) is 4.90 Å². The van der Waals surface area contributed by atoms with E-state index >= 15 is 0 Å². The molecule has 0 aliphatic heterocycles. The van der Waals surface area contributed by atoms with Gasteiger partial charge < -0.3 is 4.90 Å². The van der Waals surface area contributed by atoms with E-state index in [2.05, 4.69) is 21.3 Å². The van der Waals surface area contributed by atoms with Crippen LogP contribution < -0.4 is 0 Å². The molecule has 0 N–H and O–H groups in total. The summed E-state index contributed by atoms with van der Waals surface area (Å²) in [7, 11) is 1.83. The lowest BCUT2D eigenvalue weighted by Gasteiger charge is -2.16. The molecule has 2 nitrogen and oxygen atoms in total.